The fourth-order valence-corrected chi connectivity index (χ4v) is 2.18. The molecule has 116 valence electrons. The predicted octanol–water partition coefficient (Wildman–Crippen LogP) is 0.557. The van der Waals surface area contributed by atoms with Gasteiger partial charge in [0.05, 0.1) is 6.10 Å². The first-order valence-corrected chi connectivity index (χ1v) is 7.26. The predicted molar refractivity (Wildman–Crippen MR) is 75.3 cm³/mol. The number of carbonyl (C=O) groups excluding carboxylic acids is 2. The van der Waals surface area contributed by atoms with Crippen molar-refractivity contribution in [3.8, 4) is 0 Å². The molecule has 0 radical (unpaired) electrons. The van der Waals surface area contributed by atoms with E-state index < -0.39 is 0 Å². The lowest BCUT2D eigenvalue weighted by Gasteiger charge is -2.20. The van der Waals surface area contributed by atoms with Gasteiger partial charge in [-0.2, -0.15) is 0 Å². The van der Waals surface area contributed by atoms with Crippen LogP contribution in [-0.4, -0.2) is 62.8 Å². The van der Waals surface area contributed by atoms with Crippen LogP contribution in [0.25, 0.3) is 0 Å². The number of rotatable bonds is 9. The zero-order valence-corrected chi connectivity index (χ0v) is 12.5. The molecule has 20 heavy (non-hydrogen) atoms. The van der Waals surface area contributed by atoms with Gasteiger partial charge < -0.3 is 19.7 Å². The molecule has 1 atom stereocenters. The zero-order valence-electron chi connectivity index (χ0n) is 12.5. The number of hydrogen-bond acceptors (Lipinski definition) is 4. The molecule has 1 unspecified atom stereocenters. The van der Waals surface area contributed by atoms with E-state index in [2.05, 4.69) is 5.32 Å². The molecule has 1 N–H and O–H groups in total. The third kappa shape index (κ3) is 6.86. The van der Waals surface area contributed by atoms with Gasteiger partial charge in [0, 0.05) is 53.3 Å². The third-order valence-corrected chi connectivity index (χ3v) is 3.38. The lowest BCUT2D eigenvalue weighted by Crippen LogP contribution is -2.37. The molecule has 0 aromatic heterocycles. The highest BCUT2D eigenvalue weighted by Crippen LogP contribution is 2.10. The molecule has 0 saturated carbocycles. The molecule has 1 rings (SSSR count). The normalized spacial score (nSPS) is 18.0. The molecule has 0 aromatic rings. The highest BCUT2D eigenvalue weighted by molar-refractivity contribution is 5.78. The van der Waals surface area contributed by atoms with Crippen molar-refractivity contribution >= 4 is 11.8 Å². The number of methoxy groups -OCH3 is 1. The van der Waals surface area contributed by atoms with Crippen LogP contribution >= 0.6 is 0 Å². The molecule has 0 aliphatic carbocycles. The lowest BCUT2D eigenvalue weighted by atomic mass is 10.2. The Bertz CT molecular complexity index is 304. The fraction of sp³-hybridized carbons (Fsp3) is 0.857. The minimum absolute atomic E-state index is 0.00645. The number of nitrogens with zero attached hydrogens (tertiary/aromatic N) is 1. The largest absolute Gasteiger partial charge is 0.385 e. The van der Waals surface area contributed by atoms with Crippen molar-refractivity contribution in [1.29, 1.82) is 0 Å². The summed E-state index contributed by atoms with van der Waals surface area (Å²) in [6.07, 6.45) is 3.35. The molecular weight excluding hydrogens is 260 g/mol. The number of amides is 2. The van der Waals surface area contributed by atoms with Gasteiger partial charge in [0.1, 0.15) is 0 Å². The van der Waals surface area contributed by atoms with Gasteiger partial charge in [-0.1, -0.05) is 0 Å². The zero-order chi connectivity index (χ0) is 14.8. The summed E-state index contributed by atoms with van der Waals surface area (Å²) in [5.74, 6) is -0.0356. The Labute approximate surface area is 120 Å². The van der Waals surface area contributed by atoms with E-state index in [1.807, 2.05) is 0 Å². The number of ether oxygens (including phenoxy) is 2. The smallest absolute Gasteiger partial charge is 0.221 e. The van der Waals surface area contributed by atoms with Gasteiger partial charge in [-0.3, -0.25) is 9.59 Å². The molecule has 1 saturated heterocycles. The Morgan fingerprint density at radius 2 is 2.20 bits per heavy atom. The van der Waals surface area contributed by atoms with Gasteiger partial charge in [-0.25, -0.2) is 0 Å². The van der Waals surface area contributed by atoms with Gasteiger partial charge in [0.25, 0.3) is 0 Å². The van der Waals surface area contributed by atoms with Crippen LogP contribution in [0.3, 0.4) is 0 Å². The second kappa shape index (κ2) is 9.72. The maximum Gasteiger partial charge on any atom is 0.221 e. The van der Waals surface area contributed by atoms with Gasteiger partial charge in [-0.15, -0.1) is 0 Å². The van der Waals surface area contributed by atoms with E-state index in [1.54, 1.807) is 12.0 Å². The molecule has 6 nitrogen and oxygen atoms in total. The standard InChI is InChI=1S/C14H26N2O4/c1-12(17)16(7-4-9-19-2)8-6-14(18)15-11-13-5-3-10-20-13/h13H,3-11H2,1-2H3,(H,15,18). The topological polar surface area (TPSA) is 67.9 Å². The number of carbonyl (C=O) groups is 2. The Hall–Kier alpha value is -1.14. The van der Waals surface area contributed by atoms with Crippen LogP contribution in [0.2, 0.25) is 0 Å². The Morgan fingerprint density at radius 3 is 2.80 bits per heavy atom. The molecule has 0 bridgehead atoms. The summed E-state index contributed by atoms with van der Waals surface area (Å²) >= 11 is 0. The summed E-state index contributed by atoms with van der Waals surface area (Å²) in [6.45, 7) is 4.59. The maximum atomic E-state index is 11.7. The highest BCUT2D eigenvalue weighted by Gasteiger charge is 2.16. The van der Waals surface area contributed by atoms with E-state index in [4.69, 9.17) is 9.47 Å². The van der Waals surface area contributed by atoms with Crippen LogP contribution in [0.4, 0.5) is 0 Å². The molecule has 2 amide bonds. The summed E-state index contributed by atoms with van der Waals surface area (Å²) in [6, 6.07) is 0. The quantitative estimate of drug-likeness (QED) is 0.629. The molecule has 0 aromatic carbocycles. The summed E-state index contributed by atoms with van der Waals surface area (Å²) < 4.78 is 10.4. The van der Waals surface area contributed by atoms with Crippen LogP contribution in [0.5, 0.6) is 0 Å². The summed E-state index contributed by atoms with van der Waals surface area (Å²) in [7, 11) is 1.64. The molecule has 0 spiro atoms. The summed E-state index contributed by atoms with van der Waals surface area (Å²) in [4.78, 5) is 24.9. The second-order valence-electron chi connectivity index (χ2n) is 5.04. The average molecular weight is 286 g/mol. The van der Waals surface area contributed by atoms with E-state index in [0.717, 1.165) is 25.9 Å². The Kier molecular flexibility index (Phi) is 8.22. The van der Waals surface area contributed by atoms with Gasteiger partial charge >= 0.3 is 0 Å². The van der Waals surface area contributed by atoms with Crippen molar-refractivity contribution in [3.63, 3.8) is 0 Å². The minimum atomic E-state index is -0.0292. The first-order valence-electron chi connectivity index (χ1n) is 7.26. The van der Waals surface area contributed by atoms with Crippen LogP contribution in [0.15, 0.2) is 0 Å². The van der Waals surface area contributed by atoms with Crippen molar-refractivity contribution in [2.75, 3.05) is 40.0 Å². The van der Waals surface area contributed by atoms with E-state index in [9.17, 15) is 9.59 Å². The molecular formula is C14H26N2O4. The molecule has 1 aliphatic rings. The Balaban J connectivity index is 2.16. The van der Waals surface area contributed by atoms with Crippen LogP contribution in [0, 0.1) is 0 Å². The third-order valence-electron chi connectivity index (χ3n) is 3.38. The van der Waals surface area contributed by atoms with Crippen molar-refractivity contribution in [2.45, 2.75) is 38.7 Å². The molecule has 1 heterocycles. The second-order valence-corrected chi connectivity index (χ2v) is 5.04. The fourth-order valence-electron chi connectivity index (χ4n) is 2.18. The van der Waals surface area contributed by atoms with Gasteiger partial charge in [0.2, 0.25) is 11.8 Å². The summed E-state index contributed by atoms with van der Waals surface area (Å²) in [5.41, 5.74) is 0. The van der Waals surface area contributed by atoms with E-state index in [-0.39, 0.29) is 17.9 Å². The number of hydrogen-bond donors (Lipinski definition) is 1. The van der Waals surface area contributed by atoms with Crippen LogP contribution in [0.1, 0.15) is 32.6 Å². The Morgan fingerprint density at radius 1 is 1.40 bits per heavy atom. The SMILES string of the molecule is COCCCN(CCC(=O)NCC1CCCO1)C(C)=O. The van der Waals surface area contributed by atoms with E-state index in [0.29, 0.717) is 32.7 Å². The lowest BCUT2D eigenvalue weighted by molar-refractivity contribution is -0.130. The van der Waals surface area contributed by atoms with Gasteiger partial charge in [-0.05, 0) is 19.3 Å². The molecule has 6 heteroatoms. The average Bonchev–Trinajstić information content (AvgIpc) is 2.93. The maximum absolute atomic E-state index is 11.7. The van der Waals surface area contributed by atoms with E-state index >= 15 is 0 Å². The number of nitrogens with one attached hydrogen (secondary N) is 1. The monoisotopic (exact) mass is 286 g/mol. The van der Waals surface area contributed by atoms with Gasteiger partial charge in [0.15, 0.2) is 0 Å². The van der Waals surface area contributed by atoms with Crippen LogP contribution < -0.4 is 5.32 Å². The van der Waals surface area contributed by atoms with Crippen molar-refractivity contribution in [2.24, 2.45) is 0 Å². The van der Waals surface area contributed by atoms with Crippen LogP contribution in [-0.2, 0) is 19.1 Å². The highest BCUT2D eigenvalue weighted by atomic mass is 16.5. The first kappa shape index (κ1) is 16.9. The molecule has 1 aliphatic heterocycles. The van der Waals surface area contributed by atoms with Crippen molar-refractivity contribution in [1.82, 2.24) is 10.2 Å². The first-order chi connectivity index (χ1) is 9.63. The van der Waals surface area contributed by atoms with E-state index in [1.165, 1.54) is 6.92 Å². The van der Waals surface area contributed by atoms with Crippen molar-refractivity contribution < 1.29 is 19.1 Å². The summed E-state index contributed by atoms with van der Waals surface area (Å²) in [5, 5.41) is 2.86. The molecule has 1 fully saturated rings. The van der Waals surface area contributed by atoms with Crippen molar-refractivity contribution in [3.05, 3.63) is 0 Å². The minimum Gasteiger partial charge on any atom is -0.385 e.